The highest BCUT2D eigenvalue weighted by Crippen LogP contribution is 2.24. The van der Waals surface area contributed by atoms with Gasteiger partial charge in [-0.15, -0.1) is 0 Å². The monoisotopic (exact) mass is 294 g/mol. The molecule has 0 amide bonds. The van der Waals surface area contributed by atoms with Crippen LogP contribution in [0.1, 0.15) is 23.2 Å². The third kappa shape index (κ3) is 3.96. The van der Waals surface area contributed by atoms with Crippen molar-refractivity contribution >= 4 is 0 Å². The molecule has 0 fully saturated rings. The van der Waals surface area contributed by atoms with Gasteiger partial charge in [-0.05, 0) is 24.6 Å². The lowest BCUT2D eigenvalue weighted by Gasteiger charge is -2.17. The van der Waals surface area contributed by atoms with Crippen LogP contribution in [0.3, 0.4) is 0 Å². The zero-order valence-electron chi connectivity index (χ0n) is 12.3. The molecule has 1 heterocycles. The molecule has 114 valence electrons. The van der Waals surface area contributed by atoms with Gasteiger partial charge in [0.25, 0.3) is 0 Å². The van der Waals surface area contributed by atoms with E-state index in [-0.39, 0.29) is 12.7 Å². The van der Waals surface area contributed by atoms with E-state index in [1.54, 1.807) is 21.1 Å². The Bertz CT molecular complexity index is 627. The zero-order valence-corrected chi connectivity index (χ0v) is 12.3. The number of rotatable bonds is 7. The Morgan fingerprint density at radius 1 is 1.24 bits per heavy atom. The van der Waals surface area contributed by atoms with Gasteiger partial charge < -0.3 is 23.0 Å². The highest BCUT2D eigenvalue weighted by molar-refractivity contribution is 5.30. The van der Waals surface area contributed by atoms with Crippen LogP contribution in [0.25, 0.3) is 0 Å². The molecule has 1 aromatic carbocycles. The average molecular weight is 294 g/mol. The van der Waals surface area contributed by atoms with Crippen LogP contribution >= 0.6 is 0 Å². The van der Waals surface area contributed by atoms with E-state index in [1.165, 1.54) is 0 Å². The molecule has 1 unspecified atom stereocenters. The molecule has 0 N–H and O–H groups in total. The number of aryl methyl sites for hydroxylation is 1. The second-order valence-electron chi connectivity index (χ2n) is 4.47. The normalized spacial score (nSPS) is 12.3. The van der Waals surface area contributed by atoms with E-state index in [1.807, 2.05) is 24.3 Å². The molecule has 2 rings (SSSR count). The van der Waals surface area contributed by atoms with Crippen LogP contribution in [-0.4, -0.2) is 20.8 Å². The Morgan fingerprint density at radius 2 is 2.05 bits per heavy atom. The first kappa shape index (κ1) is 15.3. The van der Waals surface area contributed by atoms with Gasteiger partial charge in [0, 0.05) is 7.11 Å². The first-order valence-corrected chi connectivity index (χ1v) is 6.48. The summed E-state index contributed by atoms with van der Waals surface area (Å²) in [5, 5.41) is 0. The first-order valence-electron chi connectivity index (χ1n) is 6.48. The van der Waals surface area contributed by atoms with Crippen molar-refractivity contribution < 1.29 is 23.0 Å². The molecule has 0 saturated carbocycles. The van der Waals surface area contributed by atoms with Crippen LogP contribution < -0.4 is 10.6 Å². The quantitative estimate of drug-likeness (QED) is 0.781. The van der Waals surface area contributed by atoms with Gasteiger partial charge in [0.15, 0.2) is 5.76 Å². The Morgan fingerprint density at radius 3 is 2.67 bits per heavy atom. The Labute approximate surface area is 122 Å². The zero-order chi connectivity index (χ0) is 15.2. The number of hydrogen-bond donors (Lipinski definition) is 0. The summed E-state index contributed by atoms with van der Waals surface area (Å²) in [5.41, 5.74) is 0.916. The standard InChI is InChI=1S/C15H18O6/c1-10-13(21-15(16)20-10)9-19-14(8-17-2)11-5-4-6-12(7-11)18-3/h4-7,14H,8-9H2,1-3H3. The van der Waals surface area contributed by atoms with Gasteiger partial charge in [-0.2, -0.15) is 0 Å². The van der Waals surface area contributed by atoms with Crippen LogP contribution in [0.15, 0.2) is 37.9 Å². The number of ether oxygens (including phenoxy) is 3. The topological polar surface area (TPSA) is 71.0 Å². The molecule has 0 saturated heterocycles. The van der Waals surface area contributed by atoms with Crippen molar-refractivity contribution in [3.05, 3.63) is 52.0 Å². The summed E-state index contributed by atoms with van der Waals surface area (Å²) < 4.78 is 25.9. The first-order chi connectivity index (χ1) is 10.1. The van der Waals surface area contributed by atoms with Crippen molar-refractivity contribution in [1.82, 2.24) is 0 Å². The molecule has 2 aromatic rings. The highest BCUT2D eigenvalue weighted by atomic mass is 16.6. The maximum Gasteiger partial charge on any atom is 0.519 e. The minimum absolute atomic E-state index is 0.128. The van der Waals surface area contributed by atoms with Gasteiger partial charge in [0.05, 0.1) is 13.7 Å². The molecule has 0 spiro atoms. The molecule has 0 radical (unpaired) electrons. The van der Waals surface area contributed by atoms with Crippen LogP contribution in [-0.2, 0) is 16.1 Å². The van der Waals surface area contributed by atoms with Crippen molar-refractivity contribution in [2.75, 3.05) is 20.8 Å². The number of hydrogen-bond acceptors (Lipinski definition) is 6. The Kier molecular flexibility index (Phi) is 5.19. The molecule has 0 aliphatic heterocycles. The minimum atomic E-state index is -0.726. The fourth-order valence-corrected chi connectivity index (χ4v) is 1.92. The lowest BCUT2D eigenvalue weighted by molar-refractivity contribution is -0.0194. The van der Waals surface area contributed by atoms with Crippen LogP contribution in [0, 0.1) is 6.92 Å². The third-order valence-corrected chi connectivity index (χ3v) is 3.03. The van der Waals surface area contributed by atoms with E-state index in [9.17, 15) is 4.79 Å². The smallest absolute Gasteiger partial charge is 0.497 e. The molecule has 0 aliphatic carbocycles. The van der Waals surface area contributed by atoms with Crippen molar-refractivity contribution in [2.45, 2.75) is 19.6 Å². The van der Waals surface area contributed by atoms with E-state index in [4.69, 9.17) is 23.0 Å². The molecule has 21 heavy (non-hydrogen) atoms. The molecule has 1 atom stereocenters. The maximum atomic E-state index is 11.0. The lowest BCUT2D eigenvalue weighted by atomic mass is 10.1. The molecular formula is C15H18O6. The van der Waals surface area contributed by atoms with E-state index >= 15 is 0 Å². The largest absolute Gasteiger partial charge is 0.519 e. The molecule has 0 bridgehead atoms. The van der Waals surface area contributed by atoms with E-state index in [2.05, 4.69) is 0 Å². The van der Waals surface area contributed by atoms with Crippen LogP contribution in [0.4, 0.5) is 0 Å². The second kappa shape index (κ2) is 7.10. The maximum absolute atomic E-state index is 11.0. The summed E-state index contributed by atoms with van der Waals surface area (Å²) in [5.74, 6) is 0.810. The summed E-state index contributed by atoms with van der Waals surface area (Å²) >= 11 is 0. The van der Waals surface area contributed by atoms with Gasteiger partial charge >= 0.3 is 5.82 Å². The van der Waals surface area contributed by atoms with E-state index in [0.717, 1.165) is 11.3 Å². The molecule has 1 aromatic heterocycles. The molecule has 0 aliphatic rings. The summed E-state index contributed by atoms with van der Waals surface area (Å²) in [4.78, 5) is 11.0. The fourth-order valence-electron chi connectivity index (χ4n) is 1.92. The average Bonchev–Trinajstić information content (AvgIpc) is 2.81. The minimum Gasteiger partial charge on any atom is -0.497 e. The van der Waals surface area contributed by atoms with Gasteiger partial charge in [-0.3, -0.25) is 0 Å². The summed E-state index contributed by atoms with van der Waals surface area (Å²) in [6, 6.07) is 7.53. The van der Waals surface area contributed by atoms with Crippen molar-refractivity contribution in [2.24, 2.45) is 0 Å². The van der Waals surface area contributed by atoms with Crippen LogP contribution in [0.5, 0.6) is 5.75 Å². The van der Waals surface area contributed by atoms with Gasteiger partial charge in [0.2, 0.25) is 0 Å². The highest BCUT2D eigenvalue weighted by Gasteiger charge is 2.16. The second-order valence-corrected chi connectivity index (χ2v) is 4.47. The molecule has 6 heteroatoms. The third-order valence-electron chi connectivity index (χ3n) is 3.03. The van der Waals surface area contributed by atoms with Crippen molar-refractivity contribution in [1.29, 1.82) is 0 Å². The van der Waals surface area contributed by atoms with E-state index < -0.39 is 5.82 Å². The van der Waals surface area contributed by atoms with Gasteiger partial charge in [0.1, 0.15) is 24.2 Å². The summed E-state index contributed by atoms with van der Waals surface area (Å²) in [6.07, 6.45) is -0.301. The Balaban J connectivity index is 2.11. The predicted octanol–water partition coefficient (Wildman–Crippen LogP) is 2.45. The molecule has 6 nitrogen and oxygen atoms in total. The van der Waals surface area contributed by atoms with Gasteiger partial charge in [-0.1, -0.05) is 12.1 Å². The number of methoxy groups -OCH3 is 2. The fraction of sp³-hybridized carbons (Fsp3) is 0.400. The van der Waals surface area contributed by atoms with Crippen molar-refractivity contribution in [3.8, 4) is 5.75 Å². The van der Waals surface area contributed by atoms with Crippen LogP contribution in [0.2, 0.25) is 0 Å². The lowest BCUT2D eigenvalue weighted by Crippen LogP contribution is -2.11. The van der Waals surface area contributed by atoms with E-state index in [0.29, 0.717) is 18.1 Å². The summed E-state index contributed by atoms with van der Waals surface area (Å²) in [6.45, 7) is 2.15. The predicted molar refractivity (Wildman–Crippen MR) is 74.4 cm³/mol. The molecular weight excluding hydrogens is 276 g/mol. The SMILES string of the molecule is COCC(OCc1oc(=O)oc1C)c1cccc(OC)c1. The number of benzene rings is 1. The Hall–Kier alpha value is -2.05. The summed E-state index contributed by atoms with van der Waals surface area (Å²) in [7, 11) is 3.20. The van der Waals surface area contributed by atoms with Gasteiger partial charge in [-0.25, -0.2) is 4.79 Å². The van der Waals surface area contributed by atoms with Crippen molar-refractivity contribution in [3.63, 3.8) is 0 Å².